The number of benzene rings is 1. The quantitative estimate of drug-likeness (QED) is 0.355. The molecule has 2 unspecified atom stereocenters. The summed E-state index contributed by atoms with van der Waals surface area (Å²) in [5.41, 5.74) is 1.96. The summed E-state index contributed by atoms with van der Waals surface area (Å²) in [5.74, 6) is 1.47. The molecule has 0 radical (unpaired) electrons. The first-order valence-corrected chi connectivity index (χ1v) is 11.4. The fourth-order valence-electron chi connectivity index (χ4n) is 3.54. The summed E-state index contributed by atoms with van der Waals surface area (Å²) in [6.45, 7) is 7.89. The van der Waals surface area contributed by atoms with Gasteiger partial charge in [-0.25, -0.2) is 9.97 Å². The Labute approximate surface area is 182 Å². The van der Waals surface area contributed by atoms with Crippen LogP contribution in [0.4, 0.5) is 0 Å². The maximum absolute atomic E-state index is 10.6. The van der Waals surface area contributed by atoms with Gasteiger partial charge in [0.05, 0.1) is 11.2 Å². The first-order valence-electron chi connectivity index (χ1n) is 10.6. The summed E-state index contributed by atoms with van der Waals surface area (Å²) < 4.78 is 6.10. The highest BCUT2D eigenvalue weighted by Crippen LogP contribution is 2.36. The minimum absolute atomic E-state index is 0.387. The second-order valence-electron chi connectivity index (χ2n) is 8.44. The standard InChI is InChI=1S/C24H31N3O2S/c1-5-17(15-25)10-9-16(2)7-6-8-20-27-21-19(24(3,4)28)12-11-18(22(21)29-20)23-26-13-14-30-23/h6,8,11-17,25,28H,5,7,9-10H2,1-4H3/b8-6+,25-15?. The number of hydrogen-bond donors (Lipinski definition) is 2. The van der Waals surface area contributed by atoms with Crippen molar-refractivity contribution < 1.29 is 9.52 Å². The molecule has 3 aromatic rings. The third kappa shape index (κ3) is 5.24. The van der Waals surface area contributed by atoms with E-state index in [0.29, 0.717) is 28.8 Å². The van der Waals surface area contributed by atoms with Crippen LogP contribution in [0.25, 0.3) is 27.7 Å². The van der Waals surface area contributed by atoms with E-state index in [1.807, 2.05) is 23.6 Å². The molecule has 2 N–H and O–H groups in total. The molecular weight excluding hydrogens is 394 g/mol. The second kappa shape index (κ2) is 9.67. The number of nitrogens with one attached hydrogen (secondary N) is 1. The number of nitrogens with zero attached hydrogens (tertiary/aromatic N) is 2. The van der Waals surface area contributed by atoms with Crippen molar-refractivity contribution in [3.05, 3.63) is 41.2 Å². The Kier molecular flexibility index (Phi) is 7.21. The van der Waals surface area contributed by atoms with Crippen LogP contribution in [0.2, 0.25) is 0 Å². The first kappa shape index (κ1) is 22.4. The van der Waals surface area contributed by atoms with E-state index >= 15 is 0 Å². The fourth-order valence-corrected chi connectivity index (χ4v) is 4.20. The van der Waals surface area contributed by atoms with Crippen LogP contribution >= 0.6 is 11.3 Å². The molecule has 2 atom stereocenters. The van der Waals surface area contributed by atoms with E-state index in [9.17, 15) is 5.11 Å². The number of allylic oxidation sites excluding steroid dienone is 1. The van der Waals surface area contributed by atoms with E-state index in [2.05, 4.69) is 29.9 Å². The van der Waals surface area contributed by atoms with Gasteiger partial charge in [0.25, 0.3) is 0 Å². The number of aromatic nitrogens is 2. The molecular formula is C24H31N3O2S. The minimum atomic E-state index is -1.02. The third-order valence-corrected chi connectivity index (χ3v) is 6.28. The lowest BCUT2D eigenvalue weighted by molar-refractivity contribution is 0.0800. The Bertz CT molecular complexity index is 1000. The SMILES string of the molecule is CCC(C=N)CCC(C)C/C=C/c1nc2c(C(C)(C)O)ccc(-c3nccs3)c2o1. The molecule has 0 saturated heterocycles. The maximum Gasteiger partial charge on any atom is 0.219 e. The van der Waals surface area contributed by atoms with Gasteiger partial charge >= 0.3 is 0 Å². The van der Waals surface area contributed by atoms with Crippen LogP contribution in [0.3, 0.4) is 0 Å². The van der Waals surface area contributed by atoms with Crippen LogP contribution in [0.5, 0.6) is 0 Å². The Morgan fingerprint density at radius 3 is 2.73 bits per heavy atom. The van der Waals surface area contributed by atoms with Crippen molar-refractivity contribution in [2.75, 3.05) is 0 Å². The molecule has 1 aromatic carbocycles. The zero-order valence-electron chi connectivity index (χ0n) is 18.2. The number of rotatable bonds is 10. The lowest BCUT2D eigenvalue weighted by Crippen LogP contribution is -2.16. The van der Waals surface area contributed by atoms with E-state index in [1.165, 1.54) is 0 Å². The molecule has 0 bridgehead atoms. The van der Waals surface area contributed by atoms with Gasteiger partial charge in [-0.05, 0) is 69.7 Å². The Morgan fingerprint density at radius 1 is 1.30 bits per heavy atom. The summed E-state index contributed by atoms with van der Waals surface area (Å²) >= 11 is 1.55. The number of hydrogen-bond acceptors (Lipinski definition) is 6. The molecule has 0 fully saturated rings. The molecule has 0 aliphatic heterocycles. The molecule has 5 nitrogen and oxygen atoms in total. The van der Waals surface area contributed by atoms with Gasteiger partial charge in [-0.3, -0.25) is 0 Å². The molecule has 160 valence electrons. The van der Waals surface area contributed by atoms with Crippen molar-refractivity contribution in [2.24, 2.45) is 11.8 Å². The molecule has 0 saturated carbocycles. The van der Waals surface area contributed by atoms with Crippen LogP contribution in [0.1, 0.15) is 64.8 Å². The van der Waals surface area contributed by atoms with E-state index in [0.717, 1.165) is 41.8 Å². The zero-order valence-corrected chi connectivity index (χ0v) is 19.0. The van der Waals surface area contributed by atoms with Gasteiger partial charge in [0.2, 0.25) is 5.89 Å². The summed E-state index contributed by atoms with van der Waals surface area (Å²) in [6.07, 6.45) is 11.5. The van der Waals surface area contributed by atoms with E-state index < -0.39 is 5.60 Å². The van der Waals surface area contributed by atoms with Gasteiger partial charge in [0.1, 0.15) is 10.5 Å². The normalized spacial score (nSPS) is 14.4. The molecule has 0 aliphatic rings. The van der Waals surface area contributed by atoms with Crippen molar-refractivity contribution in [1.82, 2.24) is 9.97 Å². The van der Waals surface area contributed by atoms with Gasteiger partial charge in [-0.15, -0.1) is 11.3 Å². The molecule has 30 heavy (non-hydrogen) atoms. The highest BCUT2D eigenvalue weighted by atomic mass is 32.1. The topological polar surface area (TPSA) is 83.0 Å². The minimum Gasteiger partial charge on any atom is -0.436 e. The predicted molar refractivity (Wildman–Crippen MR) is 125 cm³/mol. The molecule has 6 heteroatoms. The van der Waals surface area contributed by atoms with Gasteiger partial charge in [0.15, 0.2) is 5.58 Å². The van der Waals surface area contributed by atoms with Crippen LogP contribution in [0, 0.1) is 17.2 Å². The van der Waals surface area contributed by atoms with Crippen molar-refractivity contribution >= 4 is 34.7 Å². The van der Waals surface area contributed by atoms with Crippen molar-refractivity contribution in [3.8, 4) is 10.6 Å². The van der Waals surface area contributed by atoms with E-state index in [-0.39, 0.29) is 0 Å². The zero-order chi connectivity index (χ0) is 21.7. The number of thiazole rings is 1. The van der Waals surface area contributed by atoms with Crippen molar-refractivity contribution in [3.63, 3.8) is 0 Å². The van der Waals surface area contributed by atoms with Crippen molar-refractivity contribution in [1.29, 1.82) is 5.41 Å². The summed E-state index contributed by atoms with van der Waals surface area (Å²) in [5, 5.41) is 20.8. The smallest absolute Gasteiger partial charge is 0.219 e. The van der Waals surface area contributed by atoms with E-state index in [4.69, 9.17) is 9.83 Å². The lowest BCUT2D eigenvalue weighted by Gasteiger charge is -2.18. The largest absolute Gasteiger partial charge is 0.436 e. The van der Waals surface area contributed by atoms with Gasteiger partial charge in [-0.2, -0.15) is 0 Å². The summed E-state index contributed by atoms with van der Waals surface area (Å²) in [6, 6.07) is 3.85. The third-order valence-electron chi connectivity index (χ3n) is 5.47. The molecule has 0 aliphatic carbocycles. The van der Waals surface area contributed by atoms with Crippen LogP contribution in [0.15, 0.2) is 34.2 Å². The molecule has 2 aromatic heterocycles. The summed E-state index contributed by atoms with van der Waals surface area (Å²) in [7, 11) is 0. The van der Waals surface area contributed by atoms with Gasteiger partial charge < -0.3 is 14.9 Å². The Morgan fingerprint density at radius 2 is 2.10 bits per heavy atom. The molecule has 3 rings (SSSR count). The number of fused-ring (bicyclic) bond motifs is 1. The van der Waals surface area contributed by atoms with Gasteiger partial charge in [0, 0.05) is 17.1 Å². The predicted octanol–water partition coefficient (Wildman–Crippen LogP) is 6.67. The summed E-state index contributed by atoms with van der Waals surface area (Å²) in [4.78, 5) is 9.09. The second-order valence-corrected chi connectivity index (χ2v) is 9.34. The average Bonchev–Trinajstić information content (AvgIpc) is 3.37. The fraction of sp³-hybridized carbons (Fsp3) is 0.458. The number of oxazole rings is 1. The first-order chi connectivity index (χ1) is 14.3. The van der Waals surface area contributed by atoms with Crippen LogP contribution in [-0.2, 0) is 5.60 Å². The molecule has 2 heterocycles. The average molecular weight is 426 g/mol. The highest BCUT2D eigenvalue weighted by Gasteiger charge is 2.24. The van der Waals surface area contributed by atoms with Gasteiger partial charge in [-0.1, -0.05) is 26.0 Å². The Hall–Kier alpha value is -2.31. The molecule has 0 spiro atoms. The monoisotopic (exact) mass is 425 g/mol. The van der Waals surface area contributed by atoms with Crippen LogP contribution < -0.4 is 0 Å². The Balaban J connectivity index is 1.82. The lowest BCUT2D eigenvalue weighted by atomic mass is 9.94. The van der Waals surface area contributed by atoms with Crippen molar-refractivity contribution in [2.45, 2.75) is 59.0 Å². The molecule has 0 amide bonds. The highest BCUT2D eigenvalue weighted by molar-refractivity contribution is 7.13. The maximum atomic E-state index is 10.6. The van der Waals surface area contributed by atoms with Crippen LogP contribution in [-0.4, -0.2) is 21.3 Å². The van der Waals surface area contributed by atoms with E-state index in [1.54, 1.807) is 37.6 Å². The number of aliphatic hydroxyl groups is 1.